The second-order valence-electron chi connectivity index (χ2n) is 5.10. The van der Waals surface area contributed by atoms with Crippen LogP contribution in [0.25, 0.3) is 0 Å². The van der Waals surface area contributed by atoms with Gasteiger partial charge in [0.25, 0.3) is 0 Å². The number of amides is 1. The Morgan fingerprint density at radius 1 is 1.35 bits per heavy atom. The van der Waals surface area contributed by atoms with E-state index in [1.165, 1.54) is 0 Å². The molecular formula is C14H29N3O2S. The number of carbonyl (C=O) groups excluding carboxylic acids is 1. The summed E-state index contributed by atoms with van der Waals surface area (Å²) < 4.78 is 0. The lowest BCUT2D eigenvalue weighted by Crippen LogP contribution is -2.52. The van der Waals surface area contributed by atoms with Gasteiger partial charge in [0.05, 0.1) is 0 Å². The smallest absolute Gasteiger partial charge is 0.234 e. The van der Waals surface area contributed by atoms with Gasteiger partial charge in [-0.2, -0.15) is 11.8 Å². The summed E-state index contributed by atoms with van der Waals surface area (Å²) in [4.78, 5) is 12.7. The summed E-state index contributed by atoms with van der Waals surface area (Å²) in [7, 11) is 0. The number of nitrogens with two attached hydrogens (primary N) is 1. The van der Waals surface area contributed by atoms with Gasteiger partial charge in [0, 0.05) is 11.8 Å². The van der Waals surface area contributed by atoms with Crippen molar-refractivity contribution >= 4 is 23.5 Å². The van der Waals surface area contributed by atoms with Crippen LogP contribution in [0.15, 0.2) is 5.16 Å². The van der Waals surface area contributed by atoms with Gasteiger partial charge in [-0.1, -0.05) is 38.8 Å². The van der Waals surface area contributed by atoms with Crippen molar-refractivity contribution in [1.29, 1.82) is 0 Å². The molecule has 0 bridgehead atoms. The molecule has 0 rings (SSSR count). The van der Waals surface area contributed by atoms with Gasteiger partial charge in [0.2, 0.25) is 5.91 Å². The van der Waals surface area contributed by atoms with Crippen molar-refractivity contribution in [3.8, 4) is 0 Å². The molecular weight excluding hydrogens is 274 g/mol. The zero-order valence-corrected chi connectivity index (χ0v) is 13.9. The molecule has 6 heteroatoms. The van der Waals surface area contributed by atoms with Gasteiger partial charge in [-0.25, -0.2) is 0 Å². The Morgan fingerprint density at radius 2 is 1.90 bits per heavy atom. The van der Waals surface area contributed by atoms with Crippen molar-refractivity contribution in [1.82, 2.24) is 5.32 Å². The van der Waals surface area contributed by atoms with Crippen LogP contribution in [0.3, 0.4) is 0 Å². The predicted molar refractivity (Wildman–Crippen MR) is 86.3 cm³/mol. The molecule has 0 aromatic carbocycles. The molecule has 0 aliphatic carbocycles. The molecule has 0 aromatic rings. The number of nitrogens with zero attached hydrogens (tertiary/aromatic N) is 1. The van der Waals surface area contributed by atoms with Crippen molar-refractivity contribution < 1.29 is 10.0 Å². The van der Waals surface area contributed by atoms with Gasteiger partial charge >= 0.3 is 0 Å². The summed E-state index contributed by atoms with van der Waals surface area (Å²) in [6.45, 7) is 6.05. The minimum Gasteiger partial charge on any atom is -0.409 e. The molecule has 0 spiro atoms. The second kappa shape index (κ2) is 9.91. The Morgan fingerprint density at radius 3 is 2.25 bits per heavy atom. The van der Waals surface area contributed by atoms with Gasteiger partial charge in [-0.05, 0) is 25.5 Å². The van der Waals surface area contributed by atoms with E-state index in [0.29, 0.717) is 12.8 Å². The fourth-order valence-corrected chi connectivity index (χ4v) is 3.18. The van der Waals surface area contributed by atoms with Crippen LogP contribution in [0.1, 0.15) is 52.9 Å². The predicted octanol–water partition coefficient (Wildman–Crippen LogP) is 2.58. The van der Waals surface area contributed by atoms with E-state index in [0.717, 1.165) is 25.0 Å². The first-order valence-electron chi connectivity index (χ1n) is 7.30. The van der Waals surface area contributed by atoms with E-state index in [2.05, 4.69) is 10.5 Å². The van der Waals surface area contributed by atoms with Crippen molar-refractivity contribution in [2.45, 2.75) is 58.9 Å². The normalized spacial score (nSPS) is 14.1. The molecule has 0 aliphatic rings. The fourth-order valence-electron chi connectivity index (χ4n) is 2.46. The first kappa shape index (κ1) is 19.1. The second-order valence-corrected chi connectivity index (χ2v) is 6.01. The van der Waals surface area contributed by atoms with Crippen LogP contribution < -0.4 is 11.1 Å². The zero-order valence-electron chi connectivity index (χ0n) is 13.1. The third kappa shape index (κ3) is 4.89. The maximum absolute atomic E-state index is 12.7. The summed E-state index contributed by atoms with van der Waals surface area (Å²) in [6, 6.07) is 0.122. The van der Waals surface area contributed by atoms with Crippen molar-refractivity contribution in [3.63, 3.8) is 0 Å². The summed E-state index contributed by atoms with van der Waals surface area (Å²) in [6.07, 6.45) is 5.70. The van der Waals surface area contributed by atoms with Crippen LogP contribution in [0.4, 0.5) is 0 Å². The highest BCUT2D eigenvalue weighted by atomic mass is 32.2. The van der Waals surface area contributed by atoms with Crippen LogP contribution in [0.5, 0.6) is 0 Å². The maximum Gasteiger partial charge on any atom is 0.234 e. The Balaban J connectivity index is 5.22. The lowest BCUT2D eigenvalue weighted by atomic mass is 9.77. The van der Waals surface area contributed by atoms with Gasteiger partial charge in [0.1, 0.15) is 5.41 Å². The molecule has 0 aromatic heterocycles. The van der Waals surface area contributed by atoms with E-state index >= 15 is 0 Å². The molecule has 0 saturated heterocycles. The van der Waals surface area contributed by atoms with E-state index < -0.39 is 5.41 Å². The van der Waals surface area contributed by atoms with Gasteiger partial charge in [-0.15, -0.1) is 0 Å². The molecule has 0 saturated carbocycles. The number of amidine groups is 1. The molecule has 1 atom stereocenters. The molecule has 0 radical (unpaired) electrons. The van der Waals surface area contributed by atoms with Gasteiger partial charge in [0.15, 0.2) is 5.84 Å². The highest BCUT2D eigenvalue weighted by Gasteiger charge is 2.41. The molecule has 1 amide bonds. The van der Waals surface area contributed by atoms with E-state index in [9.17, 15) is 4.79 Å². The van der Waals surface area contributed by atoms with Gasteiger partial charge < -0.3 is 16.3 Å². The summed E-state index contributed by atoms with van der Waals surface area (Å²) in [5.74, 6) is 0.780. The monoisotopic (exact) mass is 303 g/mol. The van der Waals surface area contributed by atoms with E-state index in [-0.39, 0.29) is 17.8 Å². The quantitative estimate of drug-likeness (QED) is 0.250. The minimum absolute atomic E-state index is 0.0257. The van der Waals surface area contributed by atoms with Crippen molar-refractivity contribution in [2.24, 2.45) is 16.3 Å². The average Bonchev–Trinajstić information content (AvgIpc) is 2.45. The molecule has 5 nitrogen and oxygen atoms in total. The fraction of sp³-hybridized carbons (Fsp3) is 0.857. The number of oxime groups is 1. The van der Waals surface area contributed by atoms with Crippen LogP contribution >= 0.6 is 11.8 Å². The first-order valence-corrected chi connectivity index (χ1v) is 8.69. The molecule has 0 fully saturated rings. The minimum atomic E-state index is -0.885. The Labute approximate surface area is 126 Å². The Bertz CT molecular complexity index is 316. The molecule has 0 heterocycles. The summed E-state index contributed by atoms with van der Waals surface area (Å²) in [5, 5.41) is 15.2. The van der Waals surface area contributed by atoms with Crippen LogP contribution in [0.2, 0.25) is 0 Å². The van der Waals surface area contributed by atoms with E-state index in [4.69, 9.17) is 10.9 Å². The van der Waals surface area contributed by atoms with Crippen LogP contribution in [-0.4, -0.2) is 35.0 Å². The van der Waals surface area contributed by atoms with E-state index in [1.807, 2.05) is 27.0 Å². The Hall–Kier alpha value is -0.910. The third-order valence-corrected chi connectivity index (χ3v) is 4.32. The van der Waals surface area contributed by atoms with Crippen molar-refractivity contribution in [2.75, 3.05) is 12.0 Å². The highest BCUT2D eigenvalue weighted by Crippen LogP contribution is 2.31. The summed E-state index contributed by atoms with van der Waals surface area (Å²) >= 11 is 1.70. The van der Waals surface area contributed by atoms with Crippen LogP contribution in [-0.2, 0) is 4.79 Å². The largest absolute Gasteiger partial charge is 0.409 e. The molecule has 118 valence electrons. The zero-order chi connectivity index (χ0) is 15.6. The maximum atomic E-state index is 12.7. The van der Waals surface area contributed by atoms with Crippen LogP contribution in [0, 0.1) is 5.41 Å². The lowest BCUT2D eigenvalue weighted by molar-refractivity contribution is -0.129. The topological polar surface area (TPSA) is 87.7 Å². The number of rotatable bonds is 10. The molecule has 1 unspecified atom stereocenters. The average molecular weight is 303 g/mol. The number of hydrogen-bond acceptors (Lipinski definition) is 4. The SMILES string of the molecule is CCCC(CCC)(C(=O)NC(CC)CSC)C(N)=NO. The number of thioether (sulfide) groups is 1. The van der Waals surface area contributed by atoms with Crippen molar-refractivity contribution in [3.05, 3.63) is 0 Å². The Kier molecular flexibility index (Phi) is 9.46. The number of nitrogens with one attached hydrogen (secondary N) is 1. The van der Waals surface area contributed by atoms with E-state index in [1.54, 1.807) is 11.8 Å². The third-order valence-electron chi connectivity index (χ3n) is 3.58. The number of hydrogen-bond donors (Lipinski definition) is 3. The molecule has 4 N–H and O–H groups in total. The first-order chi connectivity index (χ1) is 9.52. The standard InChI is InChI=1S/C14H29N3O2S/c1-5-8-14(9-6-2,12(15)17-19)13(18)16-11(7-3)10-20-4/h11,19H,5-10H2,1-4H3,(H2,15,17)(H,16,18). The molecule has 0 aliphatic heterocycles. The van der Waals surface area contributed by atoms with Gasteiger partial charge in [-0.3, -0.25) is 4.79 Å². The summed E-state index contributed by atoms with van der Waals surface area (Å²) in [5.41, 5.74) is 4.97. The number of carbonyl (C=O) groups is 1. The lowest BCUT2D eigenvalue weighted by Gasteiger charge is -2.32. The molecule has 20 heavy (non-hydrogen) atoms. The highest BCUT2D eigenvalue weighted by molar-refractivity contribution is 7.98.